The fourth-order valence-electron chi connectivity index (χ4n) is 1.73. The quantitative estimate of drug-likeness (QED) is 0.0533. The van der Waals surface area contributed by atoms with Gasteiger partial charge >= 0.3 is 1570 Å². The average Bonchev–Trinajstić information content (AvgIpc) is 0.819. The van der Waals surface area contributed by atoms with Crippen LogP contribution in [0.25, 0.3) is 0 Å². The molecule has 0 saturated heterocycles. The van der Waals surface area contributed by atoms with E-state index in [1.165, 1.54) is 0 Å². The predicted molar refractivity (Wildman–Crippen MR) is 1650 cm³/mol. The van der Waals surface area contributed by atoms with E-state index in [0.29, 0.717) is 0 Å². The first-order valence-corrected chi connectivity index (χ1v) is 752. The molecule has 0 nitrogen and oxygen atoms in total. The van der Waals surface area contributed by atoms with E-state index in [-0.39, 0.29) is 0 Å². The normalized spacial score (nSPS) is 19.2. The van der Waals surface area contributed by atoms with Gasteiger partial charge in [0.25, 0.3) is 0 Å². The molecular weight excluding hydrogens is 15000 g/mol. The summed E-state index contributed by atoms with van der Waals surface area (Å²) in [5.74, 6) is 0. The summed E-state index contributed by atoms with van der Waals surface area (Å²) in [5.41, 5.74) is 0. The second-order valence-corrected chi connectivity index (χ2v) is 2840. The molecule has 0 N–H and O–H groups in total. The zero-order valence-corrected chi connectivity index (χ0v) is 299. The van der Waals surface area contributed by atoms with E-state index < -0.39 is 458 Å². The third-order valence-corrected chi connectivity index (χ3v) is 9420. The zero-order valence-electron chi connectivity index (χ0n) is 44.6. The summed E-state index contributed by atoms with van der Waals surface area (Å²) >= 11 is 205. The van der Waals surface area contributed by atoms with Crippen LogP contribution in [-0.2, 0) is 0 Å². The number of hydrogen-bond donors (Lipinski definition) is 0. The molecule has 0 aliphatic carbocycles. The Kier molecular flexibility index (Phi) is 212. The molecule has 0 aliphatic heterocycles. The van der Waals surface area contributed by atoms with Gasteiger partial charge in [0.05, 0.1) is 0 Å². The molecular formula is I118. The molecule has 0 atom stereocenters. The van der Waals surface area contributed by atoms with Gasteiger partial charge in [-0.25, -0.2) is 0 Å². The van der Waals surface area contributed by atoms with Gasteiger partial charge in [-0.2, -0.15) is 0 Å². The fourth-order valence-corrected chi connectivity index (χ4v) is 23500. The molecule has 0 aliphatic rings. The van der Waals surface area contributed by atoms with Gasteiger partial charge in [0.1, 0.15) is 0 Å². The van der Waals surface area contributed by atoms with Crippen molar-refractivity contribution >= 4 is 1570 Å². The van der Waals surface area contributed by atoms with Gasteiger partial charge in [-0.05, 0) is 0 Å². The SMILES string of the molecule is II(I)I(I)I(I)I(I)I(I)I(I)I(I)I(I)I(I)I(I)I(I)I(I)I(I)I(I)I(I)I(I)I(I)I(I)I(I)I(I)I(I)I(I)I(I)I(I)I(I)I(I)I(I)I(I)I(I)I(I)I(I)I(I)I(I)I(I)I(I)I(I)I(I)I(I)I(I)I(I)I(I)I(I)I(I)I(I)I(I)I(I)I(I)I(I)I(I)I(I)I(I)I(I)I(I)I(I)I(I)I(I)I(I)I(I)I. The molecule has 0 bridgehead atoms. The predicted octanol–water partition coefficient (Wildman–Crippen LogP) is 105. The zero-order chi connectivity index (χ0) is 93.5. The molecule has 826 valence electrons. The molecule has 0 aromatic carbocycles. The summed E-state index contributed by atoms with van der Waals surface area (Å²) < 4.78 is 0. The van der Waals surface area contributed by atoms with Crippen LogP contribution in [0.4, 0.5) is 0 Å². The van der Waals surface area contributed by atoms with Gasteiger partial charge in [0, 0.05) is 0 Å². The first kappa shape index (κ1) is 204. The molecule has 118 heavy (non-hydrogen) atoms. The minimum absolute atomic E-state index is 0.495. The van der Waals surface area contributed by atoms with Crippen LogP contribution >= 0.6 is 1570 Å². The average molecular weight is 15000 g/mol. The van der Waals surface area contributed by atoms with Crippen molar-refractivity contribution in [2.75, 3.05) is 0 Å². The van der Waals surface area contributed by atoms with Crippen LogP contribution < -0.4 is 0 Å². The first-order chi connectivity index (χ1) is 53.6. The number of halogens is 118. The van der Waals surface area contributed by atoms with Gasteiger partial charge in [0.15, 0.2) is 0 Å². The van der Waals surface area contributed by atoms with E-state index in [4.69, 9.17) is 0 Å². The molecule has 0 spiro atoms. The first-order valence-electron chi connectivity index (χ1n) is 16.7. The van der Waals surface area contributed by atoms with E-state index in [2.05, 4.69) is 1120 Å². The van der Waals surface area contributed by atoms with Crippen LogP contribution in [0.3, 0.4) is 0 Å². The summed E-state index contributed by atoms with van der Waals surface area (Å²) in [6.45, 7) is 0. The van der Waals surface area contributed by atoms with Crippen LogP contribution in [0.15, 0.2) is 0 Å². The van der Waals surface area contributed by atoms with E-state index >= 15 is 0 Å². The van der Waals surface area contributed by atoms with Crippen molar-refractivity contribution in [3.05, 3.63) is 0 Å². The second kappa shape index (κ2) is 123. The monoisotopic (exact) mass is 15000 g/mol. The Morgan fingerprint density at radius 3 is 0.0932 bits per heavy atom. The van der Waals surface area contributed by atoms with Gasteiger partial charge in [-0.1, -0.05) is 0 Å². The number of hydrogen-bond acceptors (Lipinski definition) is 0. The minimum atomic E-state index is -0.675. The standard InChI is InChI=1S/I118/c1-61(2)63(5)65(7)67(9)69(11)71(13)73(15)75(17)77(19)79(21)81(23)83(25)85(27)87(29)89(31)91(33)93(35)95(37)97(39)99(41)101(43)103(45)105(47)107(49)109(51)111(53)113(55)115(57)117(59)118(60)116(58)114(56)112(54)110(52)108(50)106(48)104(46)102(44)100(42)98(40)96(38)94(36)92(34)90(32)88(30)86(28)84(26)82(24)80(22)78(20)76(18)74(16)72(14)70(12)68(10)66(8)64(6)62(3)4. The topological polar surface area (TPSA) is 0 Å². The Morgan fingerprint density at radius 2 is 0.0678 bits per heavy atom. The van der Waals surface area contributed by atoms with Crippen molar-refractivity contribution < 1.29 is 0 Å². The maximum absolute atomic E-state index is 3.50. The van der Waals surface area contributed by atoms with E-state index in [1.807, 2.05) is 0 Å². The van der Waals surface area contributed by atoms with Crippen molar-refractivity contribution in [3.8, 4) is 0 Å². The number of rotatable bonds is 57. The van der Waals surface area contributed by atoms with E-state index in [9.17, 15) is 0 Å². The summed E-state index contributed by atoms with van der Waals surface area (Å²) in [7, 11) is -36.5. The summed E-state index contributed by atoms with van der Waals surface area (Å²) in [4.78, 5) is 0. The van der Waals surface area contributed by atoms with Crippen LogP contribution in [0.5, 0.6) is 0 Å². The van der Waals surface area contributed by atoms with Crippen molar-refractivity contribution in [3.63, 3.8) is 0 Å². The van der Waals surface area contributed by atoms with Gasteiger partial charge in [-0.3, -0.25) is 0 Å². The van der Waals surface area contributed by atoms with Gasteiger partial charge in [-0.15, -0.1) is 0 Å². The van der Waals surface area contributed by atoms with Crippen molar-refractivity contribution in [2.45, 2.75) is 0 Å². The summed E-state index contributed by atoms with van der Waals surface area (Å²) in [5, 5.41) is 0. The molecule has 0 aromatic rings. The Labute approximate surface area is 1480 Å². The summed E-state index contributed by atoms with van der Waals surface area (Å²) in [6.07, 6.45) is 0. The molecule has 0 unspecified atom stereocenters. The summed E-state index contributed by atoms with van der Waals surface area (Å²) in [6, 6.07) is 0. The van der Waals surface area contributed by atoms with Crippen molar-refractivity contribution in [2.24, 2.45) is 0 Å². The molecule has 0 saturated carbocycles. The van der Waals surface area contributed by atoms with E-state index in [1.54, 1.807) is 0 Å². The molecule has 0 fully saturated rings. The van der Waals surface area contributed by atoms with Gasteiger partial charge < -0.3 is 0 Å². The maximum atomic E-state index is 3.50. The Balaban J connectivity index is 5.95. The van der Waals surface area contributed by atoms with Crippen molar-refractivity contribution in [1.29, 1.82) is 0 Å². The van der Waals surface area contributed by atoms with Crippen LogP contribution in [0.1, 0.15) is 0 Å². The van der Waals surface area contributed by atoms with Crippen LogP contribution in [0, 0.1) is 0 Å². The van der Waals surface area contributed by atoms with Crippen LogP contribution in [0.2, 0.25) is 0 Å². The van der Waals surface area contributed by atoms with Crippen molar-refractivity contribution in [1.82, 2.24) is 0 Å². The molecule has 0 aromatic heterocycles. The third-order valence-electron chi connectivity index (χ3n) is 4.65. The van der Waals surface area contributed by atoms with E-state index in [0.717, 1.165) is 0 Å². The molecule has 118 heteroatoms. The molecule has 0 rings (SSSR count). The molecule has 0 heterocycles. The Morgan fingerprint density at radius 1 is 0.0424 bits per heavy atom. The second-order valence-electron chi connectivity index (χ2n) is 9.40. The molecule has 0 amide bonds. The fraction of sp³-hybridized carbons (Fsp3) is 0. The Hall–Kier alpha value is 86.1. The molecule has 0 radical (unpaired) electrons. The van der Waals surface area contributed by atoms with Crippen LogP contribution in [-0.4, -0.2) is 0 Å². The Bertz CT molecular complexity index is 2340. The third kappa shape index (κ3) is 82.9. The van der Waals surface area contributed by atoms with Gasteiger partial charge in [0.2, 0.25) is 0 Å².